The lowest BCUT2D eigenvalue weighted by molar-refractivity contribution is 0.506. The number of hydrogen-bond acceptors (Lipinski definition) is 4. The highest BCUT2D eigenvalue weighted by Crippen LogP contribution is 2.26. The van der Waals surface area contributed by atoms with E-state index in [9.17, 15) is 8.42 Å². The number of rotatable bonds is 4. The molecule has 2 rings (SSSR count). The standard InChI is InChI=1S/C11H13N3O2S2/c1-13(2)18(15,16)14-9-8-12-11(14)17-10-6-4-3-5-7-10/h3-9H,1-2H3. The van der Waals surface area contributed by atoms with Crippen LogP contribution in [0.4, 0.5) is 0 Å². The van der Waals surface area contributed by atoms with Gasteiger partial charge in [0.1, 0.15) is 0 Å². The minimum absolute atomic E-state index is 0.426. The van der Waals surface area contributed by atoms with Gasteiger partial charge in [-0.3, -0.25) is 0 Å². The van der Waals surface area contributed by atoms with E-state index in [0.717, 1.165) is 9.20 Å². The molecule has 0 aliphatic rings. The molecular formula is C11H13N3O2S2. The molecule has 0 saturated carbocycles. The molecule has 1 aromatic carbocycles. The van der Waals surface area contributed by atoms with Crippen molar-refractivity contribution in [2.45, 2.75) is 10.1 Å². The fourth-order valence-electron chi connectivity index (χ4n) is 1.30. The average Bonchev–Trinajstić information content (AvgIpc) is 2.79. The predicted octanol–water partition coefficient (Wildman–Crippen LogP) is 1.69. The molecule has 1 heterocycles. The van der Waals surface area contributed by atoms with Gasteiger partial charge in [-0.15, -0.1) is 0 Å². The Bertz CT molecular complexity index is 621. The van der Waals surface area contributed by atoms with Gasteiger partial charge in [0.25, 0.3) is 0 Å². The summed E-state index contributed by atoms with van der Waals surface area (Å²) in [6.07, 6.45) is 2.92. The Morgan fingerprint density at radius 3 is 2.50 bits per heavy atom. The van der Waals surface area contributed by atoms with Gasteiger partial charge in [0.15, 0.2) is 5.16 Å². The van der Waals surface area contributed by atoms with E-state index in [1.165, 1.54) is 42.2 Å². The lowest BCUT2D eigenvalue weighted by Crippen LogP contribution is -2.28. The summed E-state index contributed by atoms with van der Waals surface area (Å²) >= 11 is 1.31. The van der Waals surface area contributed by atoms with Crippen LogP contribution in [0.2, 0.25) is 0 Å². The van der Waals surface area contributed by atoms with Crippen molar-refractivity contribution >= 4 is 22.0 Å². The summed E-state index contributed by atoms with van der Waals surface area (Å²) in [5.74, 6) is 0. The van der Waals surface area contributed by atoms with E-state index in [2.05, 4.69) is 4.98 Å². The first-order valence-electron chi connectivity index (χ1n) is 5.21. The maximum absolute atomic E-state index is 12.0. The summed E-state index contributed by atoms with van der Waals surface area (Å²) in [5.41, 5.74) is 0. The quantitative estimate of drug-likeness (QED) is 0.857. The van der Waals surface area contributed by atoms with Crippen molar-refractivity contribution in [1.29, 1.82) is 0 Å². The van der Waals surface area contributed by atoms with Crippen LogP contribution in [0.1, 0.15) is 0 Å². The largest absolute Gasteiger partial charge is 0.309 e. The van der Waals surface area contributed by atoms with Gasteiger partial charge >= 0.3 is 10.2 Å². The van der Waals surface area contributed by atoms with Crippen LogP contribution in [-0.4, -0.2) is 35.8 Å². The molecule has 0 amide bonds. The number of nitrogens with zero attached hydrogens (tertiary/aromatic N) is 3. The van der Waals surface area contributed by atoms with Gasteiger partial charge in [-0.2, -0.15) is 12.7 Å². The average molecular weight is 283 g/mol. The molecule has 0 fully saturated rings. The molecule has 0 N–H and O–H groups in total. The highest BCUT2D eigenvalue weighted by atomic mass is 32.2. The zero-order chi connectivity index (χ0) is 13.2. The van der Waals surface area contributed by atoms with Crippen LogP contribution in [0.25, 0.3) is 0 Å². The van der Waals surface area contributed by atoms with Crippen LogP contribution in [0.15, 0.2) is 52.8 Å². The van der Waals surface area contributed by atoms with Gasteiger partial charge in [-0.25, -0.2) is 8.96 Å². The number of aromatic nitrogens is 2. The fourth-order valence-corrected chi connectivity index (χ4v) is 3.26. The SMILES string of the molecule is CN(C)S(=O)(=O)n1ccnc1Sc1ccccc1. The molecule has 5 nitrogen and oxygen atoms in total. The normalized spacial score (nSPS) is 11.9. The zero-order valence-electron chi connectivity index (χ0n) is 10.0. The second-order valence-corrected chi connectivity index (χ2v) is 6.77. The highest BCUT2D eigenvalue weighted by molar-refractivity contribution is 7.99. The fraction of sp³-hybridized carbons (Fsp3) is 0.182. The topological polar surface area (TPSA) is 55.2 Å². The molecule has 0 aliphatic carbocycles. The van der Waals surface area contributed by atoms with Gasteiger partial charge in [-0.1, -0.05) is 30.0 Å². The summed E-state index contributed by atoms with van der Waals surface area (Å²) < 4.78 is 26.4. The Labute approximate surface area is 111 Å². The van der Waals surface area contributed by atoms with Crippen LogP contribution in [0, 0.1) is 0 Å². The minimum Gasteiger partial charge on any atom is -0.230 e. The van der Waals surface area contributed by atoms with Crippen LogP contribution in [0.3, 0.4) is 0 Å². The van der Waals surface area contributed by atoms with Gasteiger partial charge in [0.2, 0.25) is 0 Å². The summed E-state index contributed by atoms with van der Waals surface area (Å²) in [4.78, 5) is 5.02. The third-order valence-electron chi connectivity index (χ3n) is 2.24. The van der Waals surface area contributed by atoms with Crippen molar-refractivity contribution in [1.82, 2.24) is 13.3 Å². The third kappa shape index (κ3) is 2.58. The van der Waals surface area contributed by atoms with E-state index < -0.39 is 10.2 Å². The van der Waals surface area contributed by atoms with Gasteiger partial charge in [0.05, 0.1) is 0 Å². The Kier molecular flexibility index (Phi) is 3.74. The number of benzene rings is 1. The molecule has 0 unspecified atom stereocenters. The molecule has 0 atom stereocenters. The maximum atomic E-state index is 12.0. The van der Waals surface area contributed by atoms with Crippen molar-refractivity contribution in [2.75, 3.05) is 14.1 Å². The van der Waals surface area contributed by atoms with Gasteiger partial charge in [-0.05, 0) is 12.1 Å². The zero-order valence-corrected chi connectivity index (χ0v) is 11.6. The lowest BCUT2D eigenvalue weighted by atomic mass is 10.4. The number of imidazole rings is 1. The monoisotopic (exact) mass is 283 g/mol. The van der Waals surface area contributed by atoms with Gasteiger partial charge < -0.3 is 0 Å². The molecule has 0 spiro atoms. The molecule has 7 heteroatoms. The van der Waals surface area contributed by atoms with E-state index in [0.29, 0.717) is 5.16 Å². The first-order valence-corrected chi connectivity index (χ1v) is 7.42. The third-order valence-corrected chi connectivity index (χ3v) is 5.06. The van der Waals surface area contributed by atoms with Crippen LogP contribution in [-0.2, 0) is 10.2 Å². The Balaban J connectivity index is 2.35. The molecule has 1 aromatic heterocycles. The second-order valence-electron chi connectivity index (χ2n) is 3.71. The predicted molar refractivity (Wildman–Crippen MR) is 70.8 cm³/mol. The summed E-state index contributed by atoms with van der Waals surface area (Å²) in [7, 11) is -0.533. The molecule has 2 aromatic rings. The van der Waals surface area contributed by atoms with Crippen molar-refractivity contribution in [3.05, 3.63) is 42.7 Å². The number of hydrogen-bond donors (Lipinski definition) is 0. The van der Waals surface area contributed by atoms with Gasteiger partial charge in [0, 0.05) is 31.4 Å². The molecular weight excluding hydrogens is 270 g/mol. The molecule has 0 radical (unpaired) electrons. The lowest BCUT2D eigenvalue weighted by Gasteiger charge is -2.13. The van der Waals surface area contributed by atoms with E-state index in [1.807, 2.05) is 30.3 Å². The smallest absolute Gasteiger partial charge is 0.230 e. The summed E-state index contributed by atoms with van der Waals surface area (Å²) in [5, 5.41) is 0.426. The summed E-state index contributed by atoms with van der Waals surface area (Å²) in [6.45, 7) is 0. The van der Waals surface area contributed by atoms with Crippen molar-refractivity contribution in [2.24, 2.45) is 0 Å². The van der Waals surface area contributed by atoms with Crippen LogP contribution < -0.4 is 0 Å². The molecule has 18 heavy (non-hydrogen) atoms. The molecule has 0 aliphatic heterocycles. The first-order chi connectivity index (χ1) is 8.51. The Hall–Kier alpha value is -1.31. The van der Waals surface area contributed by atoms with Crippen molar-refractivity contribution < 1.29 is 8.42 Å². The summed E-state index contributed by atoms with van der Waals surface area (Å²) in [6, 6.07) is 9.52. The van der Waals surface area contributed by atoms with Crippen molar-refractivity contribution in [3.63, 3.8) is 0 Å². The highest BCUT2D eigenvalue weighted by Gasteiger charge is 2.20. The molecule has 96 valence electrons. The van der Waals surface area contributed by atoms with Crippen LogP contribution >= 0.6 is 11.8 Å². The van der Waals surface area contributed by atoms with E-state index in [-0.39, 0.29) is 0 Å². The van der Waals surface area contributed by atoms with E-state index in [1.54, 1.807) is 0 Å². The minimum atomic E-state index is -3.52. The van der Waals surface area contributed by atoms with E-state index in [4.69, 9.17) is 0 Å². The van der Waals surface area contributed by atoms with Crippen LogP contribution in [0.5, 0.6) is 0 Å². The molecule has 0 saturated heterocycles. The molecule has 0 bridgehead atoms. The van der Waals surface area contributed by atoms with Crippen molar-refractivity contribution in [3.8, 4) is 0 Å². The maximum Gasteiger partial charge on any atom is 0.309 e. The Morgan fingerprint density at radius 2 is 1.89 bits per heavy atom. The second kappa shape index (κ2) is 5.13. The first kappa shape index (κ1) is 13.1. The van der Waals surface area contributed by atoms with E-state index >= 15 is 0 Å². The Morgan fingerprint density at radius 1 is 1.22 bits per heavy atom.